The second-order valence-corrected chi connectivity index (χ2v) is 3.04. The molecular formula is C12H13NO4. The van der Waals surface area contributed by atoms with Crippen LogP contribution in [0.5, 0.6) is 0 Å². The molecule has 0 saturated heterocycles. The number of allylic oxidation sites excluding steroid dienone is 2. The zero-order valence-electron chi connectivity index (χ0n) is 9.67. The Balaban J connectivity index is 2.74. The maximum Gasteiger partial charge on any atom is 0.414 e. The van der Waals surface area contributed by atoms with E-state index in [0.29, 0.717) is 0 Å². The molecule has 1 atom stereocenters. The van der Waals surface area contributed by atoms with E-state index in [1.165, 1.54) is 18.2 Å². The second-order valence-electron chi connectivity index (χ2n) is 3.04. The third kappa shape index (κ3) is 3.68. The molecule has 1 heterocycles. The highest BCUT2D eigenvalue weighted by atomic mass is 16.5. The minimum absolute atomic E-state index is 0.272. The van der Waals surface area contributed by atoms with Gasteiger partial charge >= 0.3 is 12.1 Å². The molecule has 1 amide bonds. The summed E-state index contributed by atoms with van der Waals surface area (Å²) < 4.78 is 9.26. The van der Waals surface area contributed by atoms with E-state index in [-0.39, 0.29) is 6.61 Å². The first kappa shape index (κ1) is 12.8. The SMILES string of the molecule is CCOC(=O)C#C[C@H]1C=CC=CN1C(=O)OC. The summed E-state index contributed by atoms with van der Waals surface area (Å²) in [6, 6.07) is -0.517. The van der Waals surface area contributed by atoms with Crippen LogP contribution in [0.1, 0.15) is 6.92 Å². The topological polar surface area (TPSA) is 55.8 Å². The largest absolute Gasteiger partial charge is 0.456 e. The molecule has 17 heavy (non-hydrogen) atoms. The molecule has 0 aromatic rings. The van der Waals surface area contributed by atoms with Gasteiger partial charge in [-0.15, -0.1) is 0 Å². The summed E-state index contributed by atoms with van der Waals surface area (Å²) in [5.74, 6) is 4.34. The number of rotatable bonds is 1. The van der Waals surface area contributed by atoms with E-state index in [1.54, 1.807) is 25.2 Å². The summed E-state index contributed by atoms with van der Waals surface area (Å²) in [6.07, 6.45) is 6.11. The summed E-state index contributed by atoms with van der Waals surface area (Å²) in [4.78, 5) is 23.7. The monoisotopic (exact) mass is 235 g/mol. The predicted octanol–water partition coefficient (Wildman–Crippen LogP) is 1.07. The van der Waals surface area contributed by atoms with Crippen LogP contribution in [0.15, 0.2) is 24.4 Å². The number of carbonyl (C=O) groups excluding carboxylic acids is 2. The Morgan fingerprint density at radius 1 is 1.41 bits per heavy atom. The summed E-state index contributed by atoms with van der Waals surface area (Å²) in [5, 5.41) is 0. The molecule has 90 valence electrons. The standard InChI is InChI=1S/C12H13NO4/c1-3-17-11(14)8-7-10-6-4-5-9-13(10)12(15)16-2/h4-6,9-10H,3H2,1-2H3/t10-/m1/s1. The first-order valence-corrected chi connectivity index (χ1v) is 5.08. The molecule has 0 fully saturated rings. The molecule has 5 heteroatoms. The van der Waals surface area contributed by atoms with Crippen molar-refractivity contribution in [3.8, 4) is 11.8 Å². The van der Waals surface area contributed by atoms with Gasteiger partial charge in [0.05, 0.1) is 13.7 Å². The van der Waals surface area contributed by atoms with Gasteiger partial charge in [-0.2, -0.15) is 0 Å². The molecule has 0 radical (unpaired) electrons. The normalized spacial score (nSPS) is 17.1. The van der Waals surface area contributed by atoms with Gasteiger partial charge in [-0.25, -0.2) is 9.59 Å². The number of carbonyl (C=O) groups is 2. The van der Waals surface area contributed by atoms with Gasteiger partial charge < -0.3 is 9.47 Å². The van der Waals surface area contributed by atoms with Crippen LogP contribution in [-0.2, 0) is 14.3 Å². The number of ether oxygens (including phenoxy) is 2. The minimum atomic E-state index is -0.611. The van der Waals surface area contributed by atoms with Gasteiger partial charge in [0.25, 0.3) is 0 Å². The van der Waals surface area contributed by atoms with E-state index in [0.717, 1.165) is 0 Å². The van der Waals surface area contributed by atoms with E-state index in [4.69, 9.17) is 0 Å². The summed E-state index contributed by atoms with van der Waals surface area (Å²) in [5.41, 5.74) is 0. The van der Waals surface area contributed by atoms with Crippen LogP contribution in [0.2, 0.25) is 0 Å². The van der Waals surface area contributed by atoms with Gasteiger partial charge in [0.2, 0.25) is 0 Å². The molecule has 5 nitrogen and oxygen atoms in total. The van der Waals surface area contributed by atoms with Crippen molar-refractivity contribution in [2.45, 2.75) is 13.0 Å². The fourth-order valence-corrected chi connectivity index (χ4v) is 1.19. The van der Waals surface area contributed by atoms with E-state index in [2.05, 4.69) is 21.3 Å². The van der Waals surface area contributed by atoms with Crippen molar-refractivity contribution in [2.75, 3.05) is 13.7 Å². The van der Waals surface area contributed by atoms with Crippen LogP contribution >= 0.6 is 0 Å². The van der Waals surface area contributed by atoms with Crippen molar-refractivity contribution in [3.05, 3.63) is 24.4 Å². The average Bonchev–Trinajstić information content (AvgIpc) is 2.36. The molecule has 0 spiro atoms. The van der Waals surface area contributed by atoms with Crippen molar-refractivity contribution in [1.29, 1.82) is 0 Å². The fraction of sp³-hybridized carbons (Fsp3) is 0.333. The first-order valence-electron chi connectivity index (χ1n) is 5.08. The summed E-state index contributed by atoms with van der Waals surface area (Å²) >= 11 is 0. The molecule has 1 rings (SSSR count). The lowest BCUT2D eigenvalue weighted by molar-refractivity contribution is -0.136. The van der Waals surface area contributed by atoms with Crippen LogP contribution in [-0.4, -0.2) is 36.7 Å². The molecule has 1 aliphatic heterocycles. The van der Waals surface area contributed by atoms with Crippen molar-refractivity contribution in [2.24, 2.45) is 0 Å². The molecule has 0 unspecified atom stereocenters. The zero-order valence-corrected chi connectivity index (χ0v) is 9.67. The van der Waals surface area contributed by atoms with Crippen LogP contribution in [0.4, 0.5) is 4.79 Å². The lowest BCUT2D eigenvalue weighted by Crippen LogP contribution is -2.35. The number of esters is 1. The number of methoxy groups -OCH3 is 1. The summed E-state index contributed by atoms with van der Waals surface area (Å²) in [7, 11) is 1.28. The van der Waals surface area contributed by atoms with Gasteiger partial charge in [-0.3, -0.25) is 4.90 Å². The Morgan fingerprint density at radius 3 is 2.82 bits per heavy atom. The molecule has 0 aromatic heterocycles. The highest BCUT2D eigenvalue weighted by Crippen LogP contribution is 2.09. The highest BCUT2D eigenvalue weighted by molar-refractivity contribution is 5.88. The molecule has 0 N–H and O–H groups in total. The van der Waals surface area contributed by atoms with Crippen LogP contribution in [0.3, 0.4) is 0 Å². The third-order valence-corrected chi connectivity index (χ3v) is 1.93. The van der Waals surface area contributed by atoms with E-state index < -0.39 is 18.1 Å². The fourth-order valence-electron chi connectivity index (χ4n) is 1.19. The van der Waals surface area contributed by atoms with Crippen LogP contribution in [0.25, 0.3) is 0 Å². The Hall–Kier alpha value is -2.22. The molecule has 0 aromatic carbocycles. The maximum absolute atomic E-state index is 11.4. The number of amides is 1. The van der Waals surface area contributed by atoms with E-state index >= 15 is 0 Å². The zero-order chi connectivity index (χ0) is 12.7. The summed E-state index contributed by atoms with van der Waals surface area (Å²) in [6.45, 7) is 1.97. The van der Waals surface area contributed by atoms with Gasteiger partial charge in [-0.05, 0) is 19.1 Å². The van der Waals surface area contributed by atoms with E-state index in [9.17, 15) is 9.59 Å². The van der Waals surface area contributed by atoms with E-state index in [1.807, 2.05) is 0 Å². The first-order chi connectivity index (χ1) is 8.19. The Bertz CT molecular complexity index is 414. The van der Waals surface area contributed by atoms with Gasteiger partial charge in [-0.1, -0.05) is 12.0 Å². The number of hydrogen-bond donors (Lipinski definition) is 0. The average molecular weight is 235 g/mol. The number of nitrogens with zero attached hydrogens (tertiary/aromatic N) is 1. The Labute approximate surface area is 99.7 Å². The minimum Gasteiger partial charge on any atom is -0.456 e. The van der Waals surface area contributed by atoms with Crippen molar-refractivity contribution >= 4 is 12.1 Å². The van der Waals surface area contributed by atoms with Crippen molar-refractivity contribution in [3.63, 3.8) is 0 Å². The Morgan fingerprint density at radius 2 is 2.18 bits per heavy atom. The van der Waals surface area contributed by atoms with Crippen molar-refractivity contribution in [1.82, 2.24) is 4.90 Å². The maximum atomic E-state index is 11.4. The predicted molar refractivity (Wildman–Crippen MR) is 60.7 cm³/mol. The molecule has 0 bridgehead atoms. The third-order valence-electron chi connectivity index (χ3n) is 1.93. The molecule has 0 aliphatic carbocycles. The van der Waals surface area contributed by atoms with Crippen molar-refractivity contribution < 1.29 is 19.1 Å². The number of hydrogen-bond acceptors (Lipinski definition) is 4. The lowest BCUT2D eigenvalue weighted by Gasteiger charge is -2.22. The van der Waals surface area contributed by atoms with Gasteiger partial charge in [0.15, 0.2) is 0 Å². The lowest BCUT2D eigenvalue weighted by atomic mass is 10.2. The molecular weight excluding hydrogens is 222 g/mol. The second kappa shape index (κ2) is 6.38. The van der Waals surface area contributed by atoms with Gasteiger partial charge in [0, 0.05) is 12.1 Å². The van der Waals surface area contributed by atoms with Gasteiger partial charge in [0.1, 0.15) is 6.04 Å². The quantitative estimate of drug-likeness (QED) is 0.387. The molecule has 1 aliphatic rings. The highest BCUT2D eigenvalue weighted by Gasteiger charge is 2.19. The smallest absolute Gasteiger partial charge is 0.414 e. The van der Waals surface area contributed by atoms with Crippen LogP contribution in [0, 0.1) is 11.8 Å². The molecule has 0 saturated carbocycles. The Kier molecular flexibility index (Phi) is 4.82. The van der Waals surface area contributed by atoms with Crippen LogP contribution < -0.4 is 0 Å².